The summed E-state index contributed by atoms with van der Waals surface area (Å²) in [7, 11) is 0. The predicted molar refractivity (Wildman–Crippen MR) is 96.5 cm³/mol. The van der Waals surface area contributed by atoms with E-state index in [4.69, 9.17) is 4.74 Å². The molecule has 1 saturated carbocycles. The summed E-state index contributed by atoms with van der Waals surface area (Å²) in [6.07, 6.45) is 9.13. The standard InChI is InChI=1S/C19H30BrNO2/c1-12(2)15-8-7-13(3)11-17(15)23-19(22)21-10-9-14-5-4-6-16(20)18(14)21/h6,12-15,17-18H,4-5,7-11H2,1-3H3/t13-,14+,15+,17-,18-/m1/s1. The molecule has 0 unspecified atom stereocenters. The van der Waals surface area contributed by atoms with Gasteiger partial charge in [-0.1, -0.05) is 49.2 Å². The van der Waals surface area contributed by atoms with Crippen LogP contribution in [0.5, 0.6) is 0 Å². The van der Waals surface area contributed by atoms with Gasteiger partial charge in [0.1, 0.15) is 6.10 Å². The highest BCUT2D eigenvalue weighted by atomic mass is 79.9. The van der Waals surface area contributed by atoms with Crippen molar-refractivity contribution in [3.05, 3.63) is 10.6 Å². The fourth-order valence-corrected chi connectivity index (χ4v) is 5.59. The molecule has 1 aliphatic heterocycles. The number of allylic oxidation sites excluding steroid dienone is 1. The number of halogens is 1. The lowest BCUT2D eigenvalue weighted by molar-refractivity contribution is -0.0110. The van der Waals surface area contributed by atoms with Crippen LogP contribution in [0.4, 0.5) is 4.79 Å². The van der Waals surface area contributed by atoms with Gasteiger partial charge in [-0.15, -0.1) is 0 Å². The maximum Gasteiger partial charge on any atom is 0.410 e. The number of likely N-dealkylation sites (tertiary alicyclic amines) is 1. The zero-order chi connectivity index (χ0) is 16.6. The fourth-order valence-electron chi connectivity index (χ4n) is 4.74. The van der Waals surface area contributed by atoms with E-state index in [-0.39, 0.29) is 18.2 Å². The van der Waals surface area contributed by atoms with E-state index < -0.39 is 0 Å². The van der Waals surface area contributed by atoms with Crippen LogP contribution in [0, 0.1) is 23.7 Å². The van der Waals surface area contributed by atoms with Gasteiger partial charge in [0.25, 0.3) is 0 Å². The van der Waals surface area contributed by atoms with E-state index in [1.807, 2.05) is 4.90 Å². The Hall–Kier alpha value is -0.510. The largest absolute Gasteiger partial charge is 0.446 e. The molecule has 1 heterocycles. The monoisotopic (exact) mass is 383 g/mol. The fraction of sp³-hybridized carbons (Fsp3) is 0.842. The van der Waals surface area contributed by atoms with Gasteiger partial charge < -0.3 is 9.64 Å². The molecule has 3 aliphatic rings. The normalized spacial score (nSPS) is 37.5. The minimum atomic E-state index is -0.0884. The molecule has 1 saturated heterocycles. The summed E-state index contributed by atoms with van der Waals surface area (Å²) in [4.78, 5) is 14.8. The zero-order valence-corrected chi connectivity index (χ0v) is 16.2. The summed E-state index contributed by atoms with van der Waals surface area (Å²) in [6.45, 7) is 7.64. The topological polar surface area (TPSA) is 29.5 Å². The maximum atomic E-state index is 12.8. The summed E-state index contributed by atoms with van der Waals surface area (Å²) >= 11 is 3.69. The molecule has 0 spiro atoms. The number of amides is 1. The van der Waals surface area contributed by atoms with E-state index in [2.05, 4.69) is 42.8 Å². The Kier molecular flexibility index (Phi) is 5.39. The Morgan fingerprint density at radius 1 is 1.30 bits per heavy atom. The van der Waals surface area contributed by atoms with Crippen molar-refractivity contribution in [3.63, 3.8) is 0 Å². The first-order chi connectivity index (χ1) is 11.0. The highest BCUT2D eigenvalue weighted by Crippen LogP contribution is 2.40. The lowest BCUT2D eigenvalue weighted by Gasteiger charge is -2.38. The van der Waals surface area contributed by atoms with Crippen molar-refractivity contribution in [3.8, 4) is 0 Å². The average Bonchev–Trinajstić information content (AvgIpc) is 2.92. The zero-order valence-electron chi connectivity index (χ0n) is 14.6. The van der Waals surface area contributed by atoms with Gasteiger partial charge in [0.05, 0.1) is 6.04 Å². The van der Waals surface area contributed by atoms with Gasteiger partial charge in [-0.2, -0.15) is 0 Å². The van der Waals surface area contributed by atoms with E-state index in [9.17, 15) is 4.79 Å². The van der Waals surface area contributed by atoms with Gasteiger partial charge in [-0.25, -0.2) is 4.79 Å². The van der Waals surface area contributed by atoms with Crippen LogP contribution in [0.2, 0.25) is 0 Å². The van der Waals surface area contributed by atoms with E-state index in [0.29, 0.717) is 23.7 Å². The second kappa shape index (κ2) is 7.16. The Labute approximate surface area is 149 Å². The van der Waals surface area contributed by atoms with Crippen molar-refractivity contribution >= 4 is 22.0 Å². The summed E-state index contributed by atoms with van der Waals surface area (Å²) in [6, 6.07) is 0.217. The summed E-state index contributed by atoms with van der Waals surface area (Å²) in [5, 5.41) is 0. The second-order valence-electron chi connectivity index (χ2n) is 8.10. The SMILES string of the molecule is CC(C)[C@@H]1CC[C@@H](C)C[C@H]1OC(=O)N1CC[C@@H]2CCC=C(Br)[C@@H]21. The molecule has 4 heteroatoms. The van der Waals surface area contributed by atoms with Crippen molar-refractivity contribution in [2.24, 2.45) is 23.7 Å². The third kappa shape index (κ3) is 3.62. The van der Waals surface area contributed by atoms with Crippen molar-refractivity contribution in [2.75, 3.05) is 6.54 Å². The minimum absolute atomic E-state index is 0.0884. The van der Waals surface area contributed by atoms with Gasteiger partial charge in [-0.3, -0.25) is 0 Å². The van der Waals surface area contributed by atoms with E-state index in [0.717, 1.165) is 25.8 Å². The summed E-state index contributed by atoms with van der Waals surface area (Å²) < 4.78 is 7.24. The predicted octanol–water partition coefficient (Wildman–Crippen LogP) is 5.35. The van der Waals surface area contributed by atoms with Gasteiger partial charge >= 0.3 is 6.09 Å². The van der Waals surface area contributed by atoms with Gasteiger partial charge in [0, 0.05) is 11.0 Å². The van der Waals surface area contributed by atoms with E-state index >= 15 is 0 Å². The molecule has 2 aliphatic carbocycles. The summed E-state index contributed by atoms with van der Waals surface area (Å²) in [5.74, 6) is 2.36. The molecular weight excluding hydrogens is 354 g/mol. The van der Waals surface area contributed by atoms with Crippen LogP contribution in [0.15, 0.2) is 10.6 Å². The first-order valence-corrected chi connectivity index (χ1v) is 10.1. The number of carbonyl (C=O) groups is 1. The van der Waals surface area contributed by atoms with Crippen LogP contribution in [-0.4, -0.2) is 29.7 Å². The van der Waals surface area contributed by atoms with Crippen molar-refractivity contribution < 1.29 is 9.53 Å². The third-order valence-corrected chi connectivity index (χ3v) is 6.92. The molecule has 5 atom stereocenters. The smallest absolute Gasteiger partial charge is 0.410 e. The lowest BCUT2D eigenvalue weighted by Crippen LogP contribution is -2.44. The number of hydrogen-bond acceptors (Lipinski definition) is 2. The van der Waals surface area contributed by atoms with Crippen LogP contribution in [-0.2, 0) is 4.74 Å². The second-order valence-corrected chi connectivity index (χ2v) is 9.02. The highest BCUT2D eigenvalue weighted by Gasteiger charge is 2.42. The number of carbonyl (C=O) groups excluding carboxylic acids is 1. The number of ether oxygens (including phenoxy) is 1. The maximum absolute atomic E-state index is 12.8. The molecule has 0 radical (unpaired) electrons. The molecule has 23 heavy (non-hydrogen) atoms. The number of rotatable bonds is 2. The van der Waals surface area contributed by atoms with Gasteiger partial charge in [-0.05, 0) is 55.8 Å². The minimum Gasteiger partial charge on any atom is -0.446 e. The first kappa shape index (κ1) is 17.3. The van der Waals surface area contributed by atoms with Crippen LogP contribution in [0.25, 0.3) is 0 Å². The van der Waals surface area contributed by atoms with Crippen LogP contribution < -0.4 is 0 Å². The van der Waals surface area contributed by atoms with E-state index in [1.165, 1.54) is 23.7 Å². The van der Waals surface area contributed by atoms with Crippen LogP contribution in [0.1, 0.15) is 59.3 Å². The lowest BCUT2D eigenvalue weighted by atomic mass is 9.75. The van der Waals surface area contributed by atoms with Crippen LogP contribution >= 0.6 is 15.9 Å². The Bertz CT molecular complexity index is 476. The molecule has 3 rings (SSSR count). The average molecular weight is 384 g/mol. The van der Waals surface area contributed by atoms with Crippen molar-refractivity contribution in [1.82, 2.24) is 4.90 Å². The first-order valence-electron chi connectivity index (χ1n) is 9.30. The van der Waals surface area contributed by atoms with Crippen molar-refractivity contribution in [2.45, 2.75) is 71.4 Å². The highest BCUT2D eigenvalue weighted by molar-refractivity contribution is 9.11. The molecule has 0 N–H and O–H groups in total. The van der Waals surface area contributed by atoms with Gasteiger partial charge in [0.2, 0.25) is 0 Å². The Morgan fingerprint density at radius 2 is 2.09 bits per heavy atom. The number of nitrogens with zero attached hydrogens (tertiary/aromatic N) is 1. The van der Waals surface area contributed by atoms with Crippen LogP contribution in [0.3, 0.4) is 0 Å². The Balaban J connectivity index is 1.68. The molecule has 130 valence electrons. The Morgan fingerprint density at radius 3 is 2.83 bits per heavy atom. The molecular formula is C19H30BrNO2. The molecule has 3 nitrogen and oxygen atoms in total. The molecule has 2 fully saturated rings. The van der Waals surface area contributed by atoms with E-state index in [1.54, 1.807) is 0 Å². The summed E-state index contributed by atoms with van der Waals surface area (Å²) in [5.41, 5.74) is 0. The van der Waals surface area contributed by atoms with Crippen molar-refractivity contribution in [1.29, 1.82) is 0 Å². The third-order valence-electron chi connectivity index (χ3n) is 6.13. The molecule has 0 aromatic heterocycles. The quantitative estimate of drug-likeness (QED) is 0.643. The van der Waals surface area contributed by atoms with Gasteiger partial charge in [0.15, 0.2) is 0 Å². The molecule has 0 aromatic carbocycles. The molecule has 0 aromatic rings. The molecule has 0 bridgehead atoms. The number of fused-ring (bicyclic) bond motifs is 1. The number of hydrogen-bond donors (Lipinski definition) is 0. The molecule has 1 amide bonds.